The molecule has 0 radical (unpaired) electrons. The van der Waals surface area contributed by atoms with Crippen LogP contribution in [-0.2, 0) is 0 Å². The predicted octanol–water partition coefficient (Wildman–Crippen LogP) is 6.02. The Kier molecular flexibility index (Phi) is 5.59. The fraction of sp³-hybridized carbons (Fsp3) is 0.111. The number of nitrogen functional groups attached to an aromatic ring is 2. The Bertz CT molecular complexity index is 718. The highest BCUT2D eigenvalue weighted by Gasteiger charge is 2.14. The number of allylic oxidation sites excluding steroid dienone is 2. The molecule has 0 spiro atoms. The Balaban J connectivity index is 2.56. The third-order valence-corrected chi connectivity index (χ3v) is 4.07. The summed E-state index contributed by atoms with van der Waals surface area (Å²) in [5, 5.41) is 0.907. The lowest BCUT2D eigenvalue weighted by Gasteiger charge is -2.15. The molecule has 2 aromatic rings. The van der Waals surface area contributed by atoms with Crippen molar-refractivity contribution in [3.63, 3.8) is 0 Å². The maximum Gasteiger partial charge on any atom is 0.136 e. The number of hydrogen-bond acceptors (Lipinski definition) is 3. The zero-order chi connectivity index (χ0) is 17.0. The van der Waals surface area contributed by atoms with Gasteiger partial charge in [0.15, 0.2) is 0 Å². The van der Waals surface area contributed by atoms with Crippen LogP contribution in [0.15, 0.2) is 36.4 Å². The fourth-order valence-electron chi connectivity index (χ4n) is 2.12. The predicted molar refractivity (Wildman–Crippen MR) is 101 cm³/mol. The molecule has 0 aliphatic carbocycles. The number of halogens is 2. The highest BCUT2D eigenvalue weighted by atomic mass is 35.5. The summed E-state index contributed by atoms with van der Waals surface area (Å²) in [6.07, 6.45) is 7.44. The second kappa shape index (κ2) is 7.44. The van der Waals surface area contributed by atoms with Crippen molar-refractivity contribution in [1.82, 2.24) is 0 Å². The molecule has 0 amide bonds. The molecule has 0 fully saturated rings. The van der Waals surface area contributed by atoms with Gasteiger partial charge in [-0.25, -0.2) is 0 Å². The first kappa shape index (κ1) is 17.3. The third kappa shape index (κ3) is 3.63. The van der Waals surface area contributed by atoms with Gasteiger partial charge in [-0.2, -0.15) is 0 Å². The summed E-state index contributed by atoms with van der Waals surface area (Å²) < 4.78 is 6.03. The summed E-state index contributed by atoms with van der Waals surface area (Å²) in [6.45, 7) is 3.79. The average Bonchev–Trinajstić information content (AvgIpc) is 2.53. The largest absolute Gasteiger partial charge is 0.456 e. The van der Waals surface area contributed by atoms with Gasteiger partial charge in [0, 0.05) is 11.1 Å². The molecular weight excluding hydrogens is 331 g/mol. The summed E-state index contributed by atoms with van der Waals surface area (Å²) in [5.74, 6) is 1.18. The first-order valence-corrected chi connectivity index (χ1v) is 7.84. The van der Waals surface area contributed by atoms with Crippen molar-refractivity contribution in [2.24, 2.45) is 0 Å². The Hall–Kier alpha value is -2.10. The quantitative estimate of drug-likeness (QED) is 0.664. The van der Waals surface area contributed by atoms with Gasteiger partial charge in [-0.15, -0.1) is 0 Å². The minimum atomic E-state index is 0.453. The van der Waals surface area contributed by atoms with Gasteiger partial charge in [-0.1, -0.05) is 47.5 Å². The Labute approximate surface area is 146 Å². The van der Waals surface area contributed by atoms with Gasteiger partial charge >= 0.3 is 0 Å². The summed E-state index contributed by atoms with van der Waals surface area (Å²) in [5.41, 5.74) is 14.2. The summed E-state index contributed by atoms with van der Waals surface area (Å²) in [7, 11) is 0. The number of rotatable bonds is 4. The lowest BCUT2D eigenvalue weighted by Crippen LogP contribution is -1.96. The standard InChI is InChI=1S/C18H18Cl2N2O/c1-3-5-11-15(9-7-13(21)17(11)19)23-16-10-8-14(22)18(20)12(16)6-4-2/h3-10H,21-22H2,1-2H3. The molecular formula is C18H18Cl2N2O. The van der Waals surface area contributed by atoms with Gasteiger partial charge in [0.1, 0.15) is 11.5 Å². The molecule has 3 nitrogen and oxygen atoms in total. The van der Waals surface area contributed by atoms with Crippen LogP contribution in [0.5, 0.6) is 11.5 Å². The molecule has 5 heteroatoms. The molecule has 0 aromatic heterocycles. The zero-order valence-corrected chi connectivity index (χ0v) is 14.4. The van der Waals surface area contributed by atoms with E-state index in [9.17, 15) is 0 Å². The topological polar surface area (TPSA) is 61.3 Å². The molecule has 0 unspecified atom stereocenters. The maximum atomic E-state index is 6.28. The first-order valence-electron chi connectivity index (χ1n) is 7.08. The Morgan fingerprint density at radius 1 is 0.783 bits per heavy atom. The molecule has 0 bridgehead atoms. The summed E-state index contributed by atoms with van der Waals surface area (Å²) >= 11 is 12.6. The monoisotopic (exact) mass is 348 g/mol. The highest BCUT2D eigenvalue weighted by molar-refractivity contribution is 6.35. The van der Waals surface area contributed by atoms with E-state index in [1.54, 1.807) is 24.3 Å². The molecule has 0 saturated heterocycles. The molecule has 0 heterocycles. The van der Waals surface area contributed by atoms with E-state index in [4.69, 9.17) is 39.4 Å². The zero-order valence-electron chi connectivity index (χ0n) is 12.9. The van der Waals surface area contributed by atoms with Crippen LogP contribution in [0.25, 0.3) is 12.2 Å². The lowest BCUT2D eigenvalue weighted by molar-refractivity contribution is 0.480. The normalized spacial score (nSPS) is 11.5. The van der Waals surface area contributed by atoms with Crippen molar-refractivity contribution in [3.05, 3.63) is 57.6 Å². The van der Waals surface area contributed by atoms with E-state index in [0.29, 0.717) is 44.0 Å². The molecule has 120 valence electrons. The molecule has 4 N–H and O–H groups in total. The molecule has 2 aromatic carbocycles. The van der Waals surface area contributed by atoms with E-state index in [-0.39, 0.29) is 0 Å². The molecule has 0 atom stereocenters. The van der Waals surface area contributed by atoms with Crippen molar-refractivity contribution in [3.8, 4) is 11.5 Å². The van der Waals surface area contributed by atoms with Crippen LogP contribution in [0, 0.1) is 0 Å². The van der Waals surface area contributed by atoms with Gasteiger partial charge in [0.05, 0.1) is 21.4 Å². The minimum Gasteiger partial charge on any atom is -0.456 e. The van der Waals surface area contributed by atoms with E-state index in [2.05, 4.69) is 0 Å². The molecule has 0 aliphatic rings. The molecule has 23 heavy (non-hydrogen) atoms. The van der Waals surface area contributed by atoms with Crippen molar-refractivity contribution in [1.29, 1.82) is 0 Å². The van der Waals surface area contributed by atoms with Crippen LogP contribution in [0.4, 0.5) is 11.4 Å². The second-order valence-electron chi connectivity index (χ2n) is 4.86. The number of ether oxygens (including phenoxy) is 1. The smallest absolute Gasteiger partial charge is 0.136 e. The number of benzene rings is 2. The van der Waals surface area contributed by atoms with E-state index < -0.39 is 0 Å². The molecule has 0 saturated carbocycles. The third-order valence-electron chi connectivity index (χ3n) is 3.23. The van der Waals surface area contributed by atoms with Gasteiger partial charge in [-0.3, -0.25) is 0 Å². The van der Waals surface area contributed by atoms with Crippen LogP contribution in [0.1, 0.15) is 25.0 Å². The number of hydrogen-bond donors (Lipinski definition) is 2. The van der Waals surface area contributed by atoms with Crippen molar-refractivity contribution in [2.45, 2.75) is 13.8 Å². The van der Waals surface area contributed by atoms with Gasteiger partial charge in [0.25, 0.3) is 0 Å². The van der Waals surface area contributed by atoms with E-state index in [1.165, 1.54) is 0 Å². The van der Waals surface area contributed by atoms with Gasteiger partial charge in [-0.05, 0) is 38.1 Å². The lowest BCUT2D eigenvalue weighted by atomic mass is 10.1. The number of anilines is 2. The number of nitrogens with two attached hydrogens (primary N) is 2. The summed E-state index contributed by atoms with van der Waals surface area (Å²) in [4.78, 5) is 0. The molecule has 2 rings (SSSR count). The van der Waals surface area contributed by atoms with E-state index in [1.807, 2.05) is 38.2 Å². The highest BCUT2D eigenvalue weighted by Crippen LogP contribution is 2.39. The second-order valence-corrected chi connectivity index (χ2v) is 5.62. The fourth-order valence-corrected chi connectivity index (χ4v) is 2.56. The van der Waals surface area contributed by atoms with E-state index >= 15 is 0 Å². The van der Waals surface area contributed by atoms with Crippen molar-refractivity contribution in [2.75, 3.05) is 11.5 Å². The van der Waals surface area contributed by atoms with Crippen molar-refractivity contribution >= 4 is 46.7 Å². The Morgan fingerprint density at radius 3 is 1.52 bits per heavy atom. The summed E-state index contributed by atoms with van der Waals surface area (Å²) in [6, 6.07) is 6.97. The van der Waals surface area contributed by atoms with Crippen LogP contribution in [0.2, 0.25) is 10.0 Å². The van der Waals surface area contributed by atoms with Crippen LogP contribution < -0.4 is 16.2 Å². The van der Waals surface area contributed by atoms with Gasteiger partial charge < -0.3 is 16.2 Å². The maximum absolute atomic E-state index is 6.28. The van der Waals surface area contributed by atoms with E-state index in [0.717, 1.165) is 0 Å². The first-order chi connectivity index (χ1) is 11.0. The SMILES string of the molecule is CC=Cc1c(Oc2ccc(N)c(Cl)c2C=CC)ccc(N)c1Cl. The Morgan fingerprint density at radius 2 is 1.17 bits per heavy atom. The minimum absolute atomic E-state index is 0.453. The average molecular weight is 349 g/mol. The van der Waals surface area contributed by atoms with Crippen molar-refractivity contribution < 1.29 is 4.74 Å². The van der Waals surface area contributed by atoms with Crippen LogP contribution >= 0.6 is 23.2 Å². The van der Waals surface area contributed by atoms with Crippen LogP contribution in [0.3, 0.4) is 0 Å². The molecule has 0 aliphatic heterocycles. The van der Waals surface area contributed by atoms with Gasteiger partial charge in [0.2, 0.25) is 0 Å². The van der Waals surface area contributed by atoms with Crippen LogP contribution in [-0.4, -0.2) is 0 Å².